The van der Waals surface area contributed by atoms with E-state index in [2.05, 4.69) is 36.5 Å². The second-order valence-electron chi connectivity index (χ2n) is 6.57. The van der Waals surface area contributed by atoms with Gasteiger partial charge in [0, 0.05) is 5.92 Å². The predicted molar refractivity (Wildman–Crippen MR) is 81.4 cm³/mol. The SMILES string of the molecule is Cc1ccc(C(NC(=O)C2CCCCC2)C2CC2)cc1. The number of rotatable bonds is 4. The summed E-state index contributed by atoms with van der Waals surface area (Å²) in [6.45, 7) is 2.11. The second kappa shape index (κ2) is 5.99. The van der Waals surface area contributed by atoms with E-state index < -0.39 is 0 Å². The van der Waals surface area contributed by atoms with Crippen molar-refractivity contribution in [2.24, 2.45) is 11.8 Å². The quantitative estimate of drug-likeness (QED) is 0.876. The van der Waals surface area contributed by atoms with Crippen LogP contribution in [0.5, 0.6) is 0 Å². The molecule has 0 bridgehead atoms. The van der Waals surface area contributed by atoms with Crippen molar-refractivity contribution < 1.29 is 4.79 Å². The van der Waals surface area contributed by atoms with Gasteiger partial charge in [-0.3, -0.25) is 4.79 Å². The molecule has 2 aliphatic rings. The maximum absolute atomic E-state index is 12.5. The molecule has 2 saturated carbocycles. The highest BCUT2D eigenvalue weighted by atomic mass is 16.1. The van der Waals surface area contributed by atoms with Gasteiger partial charge in [0.05, 0.1) is 6.04 Å². The van der Waals surface area contributed by atoms with E-state index >= 15 is 0 Å². The monoisotopic (exact) mass is 271 g/mol. The van der Waals surface area contributed by atoms with Crippen LogP contribution in [0.1, 0.15) is 62.1 Å². The second-order valence-corrected chi connectivity index (χ2v) is 6.57. The number of benzene rings is 1. The Labute approximate surface area is 122 Å². The lowest BCUT2D eigenvalue weighted by Gasteiger charge is -2.25. The Hall–Kier alpha value is -1.31. The van der Waals surface area contributed by atoms with Crippen molar-refractivity contribution in [1.82, 2.24) is 5.32 Å². The van der Waals surface area contributed by atoms with E-state index in [1.165, 1.54) is 43.2 Å². The molecule has 0 radical (unpaired) electrons. The summed E-state index contributed by atoms with van der Waals surface area (Å²) >= 11 is 0. The van der Waals surface area contributed by atoms with Crippen LogP contribution < -0.4 is 5.32 Å². The van der Waals surface area contributed by atoms with Crippen LogP contribution in [0.2, 0.25) is 0 Å². The lowest BCUT2D eigenvalue weighted by atomic mass is 9.88. The molecule has 0 saturated heterocycles. The first-order valence-electron chi connectivity index (χ1n) is 8.11. The third-order valence-corrected chi connectivity index (χ3v) is 4.80. The highest BCUT2D eigenvalue weighted by Crippen LogP contribution is 2.41. The van der Waals surface area contributed by atoms with Gasteiger partial charge in [-0.2, -0.15) is 0 Å². The summed E-state index contributed by atoms with van der Waals surface area (Å²) in [5.74, 6) is 1.21. The third kappa shape index (κ3) is 3.23. The van der Waals surface area contributed by atoms with Crippen LogP contribution in [0.25, 0.3) is 0 Å². The molecule has 2 aliphatic carbocycles. The lowest BCUT2D eigenvalue weighted by Crippen LogP contribution is -2.35. The van der Waals surface area contributed by atoms with Crippen molar-refractivity contribution in [2.45, 2.75) is 57.9 Å². The molecule has 0 heterocycles. The van der Waals surface area contributed by atoms with Gasteiger partial charge >= 0.3 is 0 Å². The average molecular weight is 271 g/mol. The van der Waals surface area contributed by atoms with Crippen molar-refractivity contribution in [3.63, 3.8) is 0 Å². The standard InChI is InChI=1S/C18H25NO/c1-13-7-9-14(10-8-13)17(15-11-12-15)19-18(20)16-5-3-2-4-6-16/h7-10,15-17H,2-6,11-12H2,1H3,(H,19,20). The number of hydrogen-bond acceptors (Lipinski definition) is 1. The van der Waals surface area contributed by atoms with Crippen LogP contribution in [0.4, 0.5) is 0 Å². The summed E-state index contributed by atoms with van der Waals surface area (Å²) in [5, 5.41) is 3.35. The maximum Gasteiger partial charge on any atom is 0.223 e. The summed E-state index contributed by atoms with van der Waals surface area (Å²) < 4.78 is 0. The van der Waals surface area contributed by atoms with E-state index in [0.717, 1.165) is 12.8 Å². The Morgan fingerprint density at radius 3 is 2.30 bits per heavy atom. The van der Waals surface area contributed by atoms with Gasteiger partial charge in [-0.25, -0.2) is 0 Å². The van der Waals surface area contributed by atoms with Gasteiger partial charge < -0.3 is 5.32 Å². The van der Waals surface area contributed by atoms with Gasteiger partial charge in [0.25, 0.3) is 0 Å². The summed E-state index contributed by atoms with van der Waals surface area (Å²) in [4.78, 5) is 12.5. The molecule has 1 aromatic rings. The van der Waals surface area contributed by atoms with Crippen LogP contribution in [-0.4, -0.2) is 5.91 Å². The summed E-state index contributed by atoms with van der Waals surface area (Å²) in [7, 11) is 0. The minimum Gasteiger partial charge on any atom is -0.349 e. The number of amides is 1. The van der Waals surface area contributed by atoms with Crippen LogP contribution in [0.3, 0.4) is 0 Å². The molecular weight excluding hydrogens is 246 g/mol. The Morgan fingerprint density at radius 2 is 1.70 bits per heavy atom. The molecule has 1 amide bonds. The molecule has 1 unspecified atom stereocenters. The van der Waals surface area contributed by atoms with Crippen molar-refractivity contribution >= 4 is 5.91 Å². The molecule has 0 aromatic heterocycles. The van der Waals surface area contributed by atoms with Crippen LogP contribution >= 0.6 is 0 Å². The van der Waals surface area contributed by atoms with Crippen molar-refractivity contribution in [3.05, 3.63) is 35.4 Å². The zero-order valence-electron chi connectivity index (χ0n) is 12.4. The number of aryl methyl sites for hydroxylation is 1. The molecule has 3 rings (SSSR count). The molecule has 20 heavy (non-hydrogen) atoms. The van der Waals surface area contributed by atoms with Crippen molar-refractivity contribution in [1.29, 1.82) is 0 Å². The fraction of sp³-hybridized carbons (Fsp3) is 0.611. The minimum atomic E-state index is 0.241. The molecule has 0 aliphatic heterocycles. The summed E-state index contributed by atoms with van der Waals surface area (Å²) in [5.41, 5.74) is 2.56. The number of hydrogen-bond donors (Lipinski definition) is 1. The normalized spacial score (nSPS) is 21.4. The van der Waals surface area contributed by atoms with Crippen LogP contribution in [0, 0.1) is 18.8 Å². The molecule has 1 aromatic carbocycles. The highest BCUT2D eigenvalue weighted by Gasteiger charge is 2.34. The number of carbonyl (C=O) groups excluding carboxylic acids is 1. The van der Waals surface area contributed by atoms with E-state index in [4.69, 9.17) is 0 Å². The molecule has 0 spiro atoms. The van der Waals surface area contributed by atoms with Crippen molar-refractivity contribution in [2.75, 3.05) is 0 Å². The van der Waals surface area contributed by atoms with E-state index in [9.17, 15) is 4.79 Å². The Bertz CT molecular complexity index is 455. The molecule has 108 valence electrons. The molecule has 1 atom stereocenters. The molecule has 2 fully saturated rings. The number of carbonyl (C=O) groups is 1. The maximum atomic E-state index is 12.5. The highest BCUT2D eigenvalue weighted by molar-refractivity contribution is 5.79. The largest absolute Gasteiger partial charge is 0.349 e. The summed E-state index contributed by atoms with van der Waals surface area (Å²) in [6, 6.07) is 8.90. The van der Waals surface area contributed by atoms with Gasteiger partial charge in [0.2, 0.25) is 5.91 Å². The van der Waals surface area contributed by atoms with Crippen LogP contribution in [-0.2, 0) is 4.79 Å². The predicted octanol–water partition coefficient (Wildman–Crippen LogP) is 4.14. The van der Waals surface area contributed by atoms with Gasteiger partial charge in [-0.15, -0.1) is 0 Å². The zero-order chi connectivity index (χ0) is 13.9. The lowest BCUT2D eigenvalue weighted by molar-refractivity contribution is -0.126. The van der Waals surface area contributed by atoms with Gasteiger partial charge in [0.15, 0.2) is 0 Å². The van der Waals surface area contributed by atoms with E-state index in [1.54, 1.807) is 0 Å². The molecule has 1 N–H and O–H groups in total. The Kier molecular flexibility index (Phi) is 4.09. The first-order valence-corrected chi connectivity index (χ1v) is 8.11. The first-order chi connectivity index (χ1) is 9.74. The fourth-order valence-corrected chi connectivity index (χ4v) is 3.31. The minimum absolute atomic E-state index is 0.241. The topological polar surface area (TPSA) is 29.1 Å². The van der Waals surface area contributed by atoms with E-state index in [-0.39, 0.29) is 12.0 Å². The van der Waals surface area contributed by atoms with Gasteiger partial charge in [-0.1, -0.05) is 49.1 Å². The first kappa shape index (κ1) is 13.7. The molecule has 2 nitrogen and oxygen atoms in total. The van der Waals surface area contributed by atoms with E-state index in [1.807, 2.05) is 0 Å². The third-order valence-electron chi connectivity index (χ3n) is 4.80. The fourth-order valence-electron chi connectivity index (χ4n) is 3.31. The van der Waals surface area contributed by atoms with Crippen LogP contribution in [0.15, 0.2) is 24.3 Å². The van der Waals surface area contributed by atoms with Gasteiger partial charge in [-0.05, 0) is 44.1 Å². The van der Waals surface area contributed by atoms with Crippen molar-refractivity contribution in [3.8, 4) is 0 Å². The Balaban J connectivity index is 1.68. The summed E-state index contributed by atoms with van der Waals surface area (Å²) in [6.07, 6.45) is 8.41. The molecular formula is C18H25NO. The van der Waals surface area contributed by atoms with Gasteiger partial charge in [0.1, 0.15) is 0 Å². The Morgan fingerprint density at radius 1 is 1.05 bits per heavy atom. The average Bonchev–Trinajstić information content (AvgIpc) is 3.31. The zero-order valence-corrected chi connectivity index (χ0v) is 12.4. The number of nitrogens with one attached hydrogen (secondary N) is 1. The smallest absolute Gasteiger partial charge is 0.223 e. The van der Waals surface area contributed by atoms with E-state index in [0.29, 0.717) is 11.8 Å². The molecule has 2 heteroatoms.